The smallest absolute Gasteiger partial charge is 0.335 e. The predicted octanol–water partition coefficient (Wildman–Crippen LogP) is 5.46. The molecule has 1 aromatic rings. The number of carbonyl (C=O) groups is 5. The highest BCUT2D eigenvalue weighted by Gasteiger charge is 2.56. The average Bonchev–Trinajstić information content (AvgIpc) is 3.29. The molecule has 1 aliphatic carbocycles. The van der Waals surface area contributed by atoms with Crippen LogP contribution in [0.5, 0.6) is 0 Å². The average molecular weight is 924 g/mol. The highest BCUT2D eigenvalue weighted by atomic mass is 16.7. The first kappa shape index (κ1) is 52.9. The second-order valence-electron chi connectivity index (χ2n) is 19.5. The zero-order valence-electron chi connectivity index (χ0n) is 39.7. The molecule has 2 bridgehead atoms. The van der Waals surface area contributed by atoms with Crippen molar-refractivity contribution >= 4 is 35.5 Å². The minimum absolute atomic E-state index is 0.0477. The van der Waals surface area contributed by atoms with Gasteiger partial charge in [0.25, 0.3) is 11.7 Å². The monoisotopic (exact) mass is 924 g/mol. The molecular weight excluding hydrogens is 851 g/mol. The molecule has 366 valence electrons. The highest BCUT2D eigenvalue weighted by molar-refractivity contribution is 6.39. The van der Waals surface area contributed by atoms with E-state index in [0.29, 0.717) is 50.5 Å². The number of Topliss-reactive ketones (excluding diaryl/α,β-unsaturated/α-hetero) is 2. The van der Waals surface area contributed by atoms with Crippen molar-refractivity contribution in [1.82, 2.24) is 4.90 Å². The normalized spacial score (nSPS) is 37.1. The summed E-state index contributed by atoms with van der Waals surface area (Å²) in [6.07, 6.45) is 6.12. The van der Waals surface area contributed by atoms with Crippen LogP contribution < -0.4 is 0 Å². The van der Waals surface area contributed by atoms with Gasteiger partial charge in [0.1, 0.15) is 24.0 Å². The van der Waals surface area contributed by atoms with Crippen LogP contribution in [0.2, 0.25) is 0 Å². The molecule has 3 fully saturated rings. The van der Waals surface area contributed by atoms with E-state index in [0.717, 1.165) is 16.0 Å². The van der Waals surface area contributed by atoms with Gasteiger partial charge in [-0.2, -0.15) is 0 Å². The maximum atomic E-state index is 14.5. The Morgan fingerprint density at radius 2 is 1.61 bits per heavy atom. The number of carboxylic acid groups (broad SMARTS) is 1. The number of aromatic carboxylic acids is 1. The van der Waals surface area contributed by atoms with Gasteiger partial charge < -0.3 is 49.4 Å². The third-order valence-corrected chi connectivity index (χ3v) is 14.4. The molecule has 1 amide bonds. The number of methoxy groups -OCH3 is 2. The van der Waals surface area contributed by atoms with E-state index >= 15 is 0 Å². The number of esters is 1. The topological polar surface area (TPSA) is 227 Å². The Morgan fingerprint density at radius 1 is 0.924 bits per heavy atom. The number of cyclic esters (lactones) is 1. The van der Waals surface area contributed by atoms with Crippen molar-refractivity contribution in [3.8, 4) is 0 Å². The molecule has 5 N–H and O–H groups in total. The first-order chi connectivity index (χ1) is 31.3. The van der Waals surface area contributed by atoms with Crippen molar-refractivity contribution in [2.24, 2.45) is 35.5 Å². The lowest BCUT2D eigenvalue weighted by Crippen LogP contribution is -2.64. The molecule has 15 nitrogen and oxygen atoms in total. The summed E-state index contributed by atoms with van der Waals surface area (Å²) < 4.78 is 24.4. The third kappa shape index (κ3) is 12.9. The summed E-state index contributed by atoms with van der Waals surface area (Å²) in [7, 11) is 3.01. The number of hydrogen-bond donors (Lipinski definition) is 5. The van der Waals surface area contributed by atoms with Crippen molar-refractivity contribution in [3.05, 3.63) is 64.8 Å². The molecule has 1 saturated carbocycles. The molecule has 3 unspecified atom stereocenters. The van der Waals surface area contributed by atoms with Gasteiger partial charge in [0.05, 0.1) is 30.0 Å². The van der Waals surface area contributed by atoms with Gasteiger partial charge in [0.2, 0.25) is 5.79 Å². The van der Waals surface area contributed by atoms with Crippen molar-refractivity contribution < 1.29 is 68.5 Å². The molecule has 3 aliphatic heterocycles. The number of ketones is 2. The summed E-state index contributed by atoms with van der Waals surface area (Å²) in [6.45, 7) is 8.87. The Bertz CT molecular complexity index is 1940. The van der Waals surface area contributed by atoms with Crippen molar-refractivity contribution in [2.45, 2.75) is 154 Å². The van der Waals surface area contributed by atoms with Crippen LogP contribution in [0.25, 0.3) is 6.08 Å². The Hall–Kier alpha value is -4.09. The van der Waals surface area contributed by atoms with Crippen molar-refractivity contribution in [3.63, 3.8) is 0 Å². The van der Waals surface area contributed by atoms with Gasteiger partial charge in [0.15, 0.2) is 0 Å². The molecule has 66 heavy (non-hydrogen) atoms. The summed E-state index contributed by atoms with van der Waals surface area (Å²) in [5.74, 6) is -9.79. The fraction of sp³-hybridized carbons (Fsp3) is 0.667. The van der Waals surface area contributed by atoms with E-state index in [1.54, 1.807) is 32.9 Å². The Morgan fingerprint density at radius 3 is 2.26 bits per heavy atom. The molecule has 4 aliphatic rings. The van der Waals surface area contributed by atoms with E-state index in [-0.39, 0.29) is 67.9 Å². The first-order valence-electron chi connectivity index (χ1n) is 23.7. The molecule has 1 aromatic carbocycles. The zero-order chi connectivity index (χ0) is 48.5. The minimum atomic E-state index is -2.56. The lowest BCUT2D eigenvalue weighted by Gasteiger charge is -2.47. The molecule has 2 saturated heterocycles. The number of benzene rings is 1. The van der Waals surface area contributed by atoms with Gasteiger partial charge in [-0.15, -0.1) is 0 Å². The summed E-state index contributed by atoms with van der Waals surface area (Å²) in [5, 5.41) is 53.9. The fourth-order valence-electron chi connectivity index (χ4n) is 10.4. The van der Waals surface area contributed by atoms with Crippen LogP contribution in [0.15, 0.2) is 53.6 Å². The number of carbonyl (C=O) groups excluding carboxylic acids is 4. The van der Waals surface area contributed by atoms with Gasteiger partial charge >= 0.3 is 11.9 Å². The first-order valence-corrected chi connectivity index (χ1v) is 23.7. The van der Waals surface area contributed by atoms with Gasteiger partial charge in [-0.05, 0) is 113 Å². The van der Waals surface area contributed by atoms with E-state index in [4.69, 9.17) is 18.9 Å². The zero-order valence-corrected chi connectivity index (χ0v) is 39.7. The Labute approximate surface area is 389 Å². The van der Waals surface area contributed by atoms with Crippen LogP contribution in [-0.4, -0.2) is 136 Å². The lowest BCUT2D eigenvalue weighted by atomic mass is 9.78. The van der Waals surface area contributed by atoms with Crippen LogP contribution >= 0.6 is 0 Å². The van der Waals surface area contributed by atoms with Crippen LogP contribution in [0.4, 0.5) is 0 Å². The van der Waals surface area contributed by atoms with E-state index in [1.165, 1.54) is 26.4 Å². The van der Waals surface area contributed by atoms with Crippen LogP contribution in [0.3, 0.4) is 0 Å². The van der Waals surface area contributed by atoms with E-state index in [1.807, 2.05) is 38.2 Å². The van der Waals surface area contributed by atoms with Gasteiger partial charge in [-0.1, -0.05) is 62.8 Å². The largest absolute Gasteiger partial charge is 0.478 e. The van der Waals surface area contributed by atoms with E-state index in [9.17, 15) is 49.5 Å². The highest BCUT2D eigenvalue weighted by Crippen LogP contribution is 2.39. The fourth-order valence-corrected chi connectivity index (χ4v) is 10.4. The number of ether oxygens (including phenoxy) is 4. The number of aliphatic hydroxyl groups excluding tert-OH is 3. The second kappa shape index (κ2) is 23.8. The SMILES string of the molecule is CO[C@H]1C[C@@H](C)C/C(C)=C/C(C/C=C/c2ccc(C(=O)O)cc2)C(=O)C[C@H](O)[C@@H](C)[C@@H](/C(C)=C/[C@@H]2CCC(O)[C@H](CO)C2)OC(=O)C2CCCCN2C(=O)C(=O)[C@]2(O)O[C@H]1[C@@H](OC)C[C@H]2C. The van der Waals surface area contributed by atoms with Gasteiger partial charge in [-0.3, -0.25) is 14.4 Å². The van der Waals surface area contributed by atoms with Crippen molar-refractivity contribution in [1.29, 1.82) is 0 Å². The molecule has 5 rings (SSSR count). The van der Waals surface area contributed by atoms with Crippen molar-refractivity contribution in [2.75, 3.05) is 27.4 Å². The molecular formula is C51H73NO14. The maximum Gasteiger partial charge on any atom is 0.335 e. The molecule has 15 heteroatoms. The number of hydrogen-bond acceptors (Lipinski definition) is 13. The Kier molecular flexibility index (Phi) is 19.0. The van der Waals surface area contributed by atoms with Gasteiger partial charge in [-0.25, -0.2) is 9.59 Å². The number of fused-ring (bicyclic) bond motifs is 3. The predicted molar refractivity (Wildman–Crippen MR) is 245 cm³/mol. The number of nitrogens with zero attached hydrogens (tertiary/aromatic N) is 1. The standard InChI is InChI=1S/C51H73NO14/c1-29-21-30(2)23-43(63-6)46-44(64-7)25-32(4)51(62,66-46)47(57)48(58)52-20-9-8-13-39(52)50(61)65-45(31(3)24-35-16-19-40(54)38(26-35)28-53)33(5)41(55)27-42(56)37(22-29)12-10-11-34-14-17-36(18-15-34)49(59)60/h10-11,14-15,17-18,22,24,30,32-33,35,37-41,43-46,53-55,62H,8-9,12-13,16,19-21,23,25-28H2,1-7H3,(H,59,60)/b11-10+,29-22+,31-24+/t30-,32+,33+,35-,37?,38-,39?,40?,41-,43-,44-,45+,46+,51+/m0/s1. The number of amides is 1. The van der Waals surface area contributed by atoms with Crippen LogP contribution in [0.1, 0.15) is 121 Å². The minimum Gasteiger partial charge on any atom is -0.478 e. The summed E-state index contributed by atoms with van der Waals surface area (Å²) >= 11 is 0. The lowest BCUT2D eigenvalue weighted by molar-refractivity contribution is -0.302. The van der Waals surface area contributed by atoms with E-state index in [2.05, 4.69) is 0 Å². The summed E-state index contributed by atoms with van der Waals surface area (Å²) in [4.78, 5) is 70.1. The number of rotatable bonds is 9. The number of aliphatic hydroxyl groups is 4. The Balaban J connectivity index is 1.55. The van der Waals surface area contributed by atoms with Crippen LogP contribution in [-0.2, 0) is 38.1 Å². The number of allylic oxidation sites excluding steroid dienone is 4. The molecule has 0 aromatic heterocycles. The second-order valence-corrected chi connectivity index (χ2v) is 19.5. The number of piperidine rings is 1. The summed E-state index contributed by atoms with van der Waals surface area (Å²) in [6, 6.07) is 5.17. The van der Waals surface area contributed by atoms with Gasteiger partial charge in [0, 0.05) is 57.5 Å². The van der Waals surface area contributed by atoms with Crippen LogP contribution in [0, 0.1) is 35.5 Å². The third-order valence-electron chi connectivity index (χ3n) is 14.4. The maximum absolute atomic E-state index is 14.5. The quantitative estimate of drug-likeness (QED) is 0.118. The molecule has 3 heterocycles. The number of carboxylic acids is 1. The summed E-state index contributed by atoms with van der Waals surface area (Å²) in [5.41, 5.74) is 2.38. The molecule has 0 spiro atoms. The van der Waals surface area contributed by atoms with E-state index < -0.39 is 89.8 Å². The molecule has 14 atom stereocenters. The molecule has 0 radical (unpaired) electrons.